The number of nitrogens with zero attached hydrogens (tertiary/aromatic N) is 3. The average molecular weight is 358 g/mol. The number of anilines is 1. The van der Waals surface area contributed by atoms with Crippen LogP contribution in [-0.2, 0) is 6.61 Å². The van der Waals surface area contributed by atoms with Gasteiger partial charge in [0.1, 0.15) is 29.0 Å². The second kappa shape index (κ2) is 6.79. The third-order valence-electron chi connectivity index (χ3n) is 3.63. The lowest BCUT2D eigenvalue weighted by Crippen LogP contribution is -2.20. The summed E-state index contributed by atoms with van der Waals surface area (Å²) < 4.78 is 18.5. The zero-order valence-electron chi connectivity index (χ0n) is 14.0. The van der Waals surface area contributed by atoms with Gasteiger partial charge in [-0.2, -0.15) is 9.97 Å². The van der Waals surface area contributed by atoms with Crippen molar-refractivity contribution in [3.8, 4) is 6.01 Å². The topological polar surface area (TPSA) is 108 Å². The number of carbonyl (C=O) groups is 1. The number of pyridine rings is 1. The molecule has 9 heteroatoms. The fourth-order valence-electron chi connectivity index (χ4n) is 2.34. The summed E-state index contributed by atoms with van der Waals surface area (Å²) in [4.78, 5) is 36.3. The average Bonchev–Trinajstić information content (AvgIpc) is 2.60. The number of aromatic nitrogens is 3. The van der Waals surface area contributed by atoms with E-state index in [1.807, 2.05) is 0 Å². The number of rotatable bonds is 5. The molecule has 3 aromatic rings. The fourth-order valence-corrected chi connectivity index (χ4v) is 2.34. The Balaban J connectivity index is 2.04. The van der Waals surface area contributed by atoms with Crippen molar-refractivity contribution in [1.82, 2.24) is 15.0 Å². The molecule has 0 radical (unpaired) electrons. The van der Waals surface area contributed by atoms with E-state index in [9.17, 15) is 14.0 Å². The number of benzene rings is 1. The smallest absolute Gasteiger partial charge is 0.341 e. The monoisotopic (exact) mass is 358 g/mol. The van der Waals surface area contributed by atoms with Gasteiger partial charge in [-0.15, -0.1) is 0 Å². The largest absolute Gasteiger partial charge is 0.477 e. The van der Waals surface area contributed by atoms with E-state index in [2.05, 4.69) is 15.0 Å². The summed E-state index contributed by atoms with van der Waals surface area (Å²) in [6, 6.07) is 5.62. The van der Waals surface area contributed by atoms with E-state index in [0.29, 0.717) is 16.9 Å². The van der Waals surface area contributed by atoms with E-state index >= 15 is 0 Å². The molecule has 1 aromatic carbocycles. The van der Waals surface area contributed by atoms with Crippen LogP contribution in [0, 0.1) is 5.82 Å². The minimum absolute atomic E-state index is 0.0647. The van der Waals surface area contributed by atoms with Gasteiger partial charge in [0.05, 0.1) is 0 Å². The van der Waals surface area contributed by atoms with Crippen LogP contribution in [0.2, 0.25) is 0 Å². The van der Waals surface area contributed by atoms with Gasteiger partial charge >= 0.3 is 12.0 Å². The first kappa shape index (κ1) is 17.3. The third kappa shape index (κ3) is 3.32. The van der Waals surface area contributed by atoms with Crippen LogP contribution in [0.1, 0.15) is 15.9 Å². The molecule has 0 aliphatic heterocycles. The lowest BCUT2D eigenvalue weighted by molar-refractivity contribution is 0.0695. The van der Waals surface area contributed by atoms with Crippen molar-refractivity contribution in [2.24, 2.45) is 0 Å². The molecule has 0 fully saturated rings. The molecule has 2 heterocycles. The van der Waals surface area contributed by atoms with E-state index in [1.165, 1.54) is 12.1 Å². The van der Waals surface area contributed by atoms with E-state index in [0.717, 1.165) is 6.20 Å². The molecule has 0 unspecified atom stereocenters. The predicted molar refractivity (Wildman–Crippen MR) is 92.2 cm³/mol. The highest BCUT2D eigenvalue weighted by molar-refractivity contribution is 5.93. The van der Waals surface area contributed by atoms with Gasteiger partial charge in [-0.1, -0.05) is 12.1 Å². The summed E-state index contributed by atoms with van der Waals surface area (Å²) in [5, 5.41) is 9.11. The number of aromatic amines is 1. The van der Waals surface area contributed by atoms with E-state index < -0.39 is 17.0 Å². The van der Waals surface area contributed by atoms with Crippen molar-refractivity contribution < 1.29 is 19.0 Å². The minimum atomic E-state index is -1.35. The molecule has 2 aromatic heterocycles. The van der Waals surface area contributed by atoms with Crippen molar-refractivity contribution in [3.63, 3.8) is 0 Å². The van der Waals surface area contributed by atoms with Gasteiger partial charge in [-0.25, -0.2) is 9.18 Å². The number of halogens is 1. The second-order valence-corrected chi connectivity index (χ2v) is 5.70. The Morgan fingerprint density at radius 1 is 1.27 bits per heavy atom. The van der Waals surface area contributed by atoms with Gasteiger partial charge in [-0.3, -0.25) is 4.79 Å². The number of hydrogen-bond acceptors (Lipinski definition) is 6. The van der Waals surface area contributed by atoms with Crippen LogP contribution in [0.5, 0.6) is 6.01 Å². The first-order valence-corrected chi connectivity index (χ1v) is 7.58. The van der Waals surface area contributed by atoms with Crippen molar-refractivity contribution in [1.29, 1.82) is 0 Å². The number of carboxylic acids is 1. The van der Waals surface area contributed by atoms with Crippen molar-refractivity contribution in [2.45, 2.75) is 6.61 Å². The van der Waals surface area contributed by atoms with Crippen LogP contribution >= 0.6 is 0 Å². The number of hydrogen-bond donors (Lipinski definition) is 2. The Labute approximate surface area is 146 Å². The molecular formula is C17H15FN4O4. The molecule has 0 bridgehead atoms. The molecule has 3 rings (SSSR count). The minimum Gasteiger partial charge on any atom is -0.477 e. The first-order valence-electron chi connectivity index (χ1n) is 7.58. The molecule has 0 aliphatic rings. The Bertz CT molecular complexity index is 1030. The summed E-state index contributed by atoms with van der Waals surface area (Å²) in [6.45, 7) is 0.0647. The predicted octanol–water partition coefficient (Wildman–Crippen LogP) is 1.80. The van der Waals surface area contributed by atoms with Crippen LogP contribution in [0.15, 0.2) is 35.3 Å². The normalized spacial score (nSPS) is 10.7. The molecule has 0 aliphatic carbocycles. The number of fused-ring (bicyclic) bond motifs is 1. The maximum atomic E-state index is 13.0. The quantitative estimate of drug-likeness (QED) is 0.716. The van der Waals surface area contributed by atoms with E-state index in [1.54, 1.807) is 31.1 Å². The summed E-state index contributed by atoms with van der Waals surface area (Å²) in [5.41, 5.74) is -0.250. The fraction of sp³-hybridized carbons (Fsp3) is 0.176. The van der Waals surface area contributed by atoms with Crippen LogP contribution < -0.4 is 15.1 Å². The maximum absolute atomic E-state index is 13.0. The lowest BCUT2D eigenvalue weighted by atomic mass is 10.2. The summed E-state index contributed by atoms with van der Waals surface area (Å²) in [6.07, 6.45) is 1.11. The molecule has 0 spiro atoms. The molecule has 134 valence electrons. The highest BCUT2D eigenvalue weighted by atomic mass is 19.1. The van der Waals surface area contributed by atoms with Gasteiger partial charge < -0.3 is 19.7 Å². The van der Waals surface area contributed by atoms with Crippen LogP contribution in [0.3, 0.4) is 0 Å². The number of carboxylic acid groups (broad SMARTS) is 1. The maximum Gasteiger partial charge on any atom is 0.341 e. The number of aromatic carboxylic acids is 1. The van der Waals surface area contributed by atoms with E-state index in [4.69, 9.17) is 9.84 Å². The summed E-state index contributed by atoms with van der Waals surface area (Å²) >= 11 is 0. The Kier molecular flexibility index (Phi) is 4.53. The van der Waals surface area contributed by atoms with Gasteiger partial charge in [0.25, 0.3) is 0 Å². The molecule has 2 N–H and O–H groups in total. The van der Waals surface area contributed by atoms with Gasteiger partial charge in [-0.05, 0) is 17.7 Å². The summed E-state index contributed by atoms with van der Waals surface area (Å²) in [5.74, 6) is -1.34. The van der Waals surface area contributed by atoms with Crippen LogP contribution in [0.4, 0.5) is 10.2 Å². The Hall–Kier alpha value is -3.49. The molecule has 8 nitrogen and oxygen atoms in total. The molecular weight excluding hydrogens is 343 g/mol. The molecule has 0 saturated carbocycles. The van der Waals surface area contributed by atoms with Crippen LogP contribution in [-0.4, -0.2) is 40.1 Å². The Morgan fingerprint density at radius 2 is 1.96 bits per heavy atom. The highest BCUT2D eigenvalue weighted by Gasteiger charge is 2.18. The molecule has 0 saturated heterocycles. The van der Waals surface area contributed by atoms with Gasteiger partial charge in [0, 0.05) is 20.3 Å². The van der Waals surface area contributed by atoms with Gasteiger partial charge in [0.15, 0.2) is 5.82 Å². The van der Waals surface area contributed by atoms with Crippen molar-refractivity contribution in [2.75, 3.05) is 19.0 Å². The third-order valence-corrected chi connectivity index (χ3v) is 3.63. The standard InChI is InChI=1S/C17H15FN4O4/c1-22(2)15-13-12(14(23)11(7-19-13)16(24)25)20-17(21-15)26-8-9-3-5-10(18)6-4-9/h3-7H,8H2,1-2H3,(H,19,23)(H,24,25). The SMILES string of the molecule is CN(C)c1nc(OCc2ccc(F)cc2)nc2c(=O)c(C(=O)O)c[nH]c12. The van der Waals surface area contributed by atoms with Gasteiger partial charge in [0.2, 0.25) is 5.43 Å². The molecule has 0 atom stereocenters. The number of ether oxygens (including phenoxy) is 1. The van der Waals surface area contributed by atoms with E-state index in [-0.39, 0.29) is 24.0 Å². The molecule has 0 amide bonds. The summed E-state index contributed by atoms with van der Waals surface area (Å²) in [7, 11) is 3.43. The van der Waals surface area contributed by atoms with Crippen molar-refractivity contribution >= 4 is 22.8 Å². The van der Waals surface area contributed by atoms with Crippen LogP contribution in [0.25, 0.3) is 11.0 Å². The molecule has 26 heavy (non-hydrogen) atoms. The zero-order valence-corrected chi connectivity index (χ0v) is 14.0. The Morgan fingerprint density at radius 3 is 2.58 bits per heavy atom. The lowest BCUT2D eigenvalue weighted by Gasteiger charge is -2.15. The zero-order chi connectivity index (χ0) is 18.8. The second-order valence-electron chi connectivity index (χ2n) is 5.70. The number of nitrogens with one attached hydrogen (secondary N) is 1. The first-order chi connectivity index (χ1) is 12.4. The van der Waals surface area contributed by atoms with Crippen molar-refractivity contribution in [3.05, 3.63) is 57.6 Å². The number of H-pyrrole nitrogens is 1. The highest BCUT2D eigenvalue weighted by Crippen LogP contribution is 2.22.